The van der Waals surface area contributed by atoms with Gasteiger partial charge in [-0.25, -0.2) is 13.1 Å². The summed E-state index contributed by atoms with van der Waals surface area (Å²) in [5.41, 5.74) is 2.33. The topological polar surface area (TPSA) is 58.3 Å². The molecule has 1 aromatic rings. The number of benzene rings is 1. The van der Waals surface area contributed by atoms with E-state index in [1.807, 2.05) is 14.1 Å². The van der Waals surface area contributed by atoms with E-state index >= 15 is 0 Å². The molecule has 0 unspecified atom stereocenters. The van der Waals surface area contributed by atoms with E-state index in [9.17, 15) is 8.42 Å². The number of nitrogens with one attached hydrogen (secondary N) is 3. The van der Waals surface area contributed by atoms with Gasteiger partial charge in [-0.1, -0.05) is 18.2 Å². The van der Waals surface area contributed by atoms with Crippen LogP contribution < -0.4 is 19.4 Å². The Morgan fingerprint density at radius 2 is 1.80 bits per heavy atom. The van der Waals surface area contributed by atoms with Crippen molar-refractivity contribution in [1.82, 2.24) is 4.72 Å². The highest BCUT2D eigenvalue weighted by Crippen LogP contribution is 2.16. The highest BCUT2D eigenvalue weighted by Gasteiger charge is 2.30. The van der Waals surface area contributed by atoms with Crippen LogP contribution in [0.3, 0.4) is 0 Å². The zero-order valence-corrected chi connectivity index (χ0v) is 16.4. The van der Waals surface area contributed by atoms with Crippen molar-refractivity contribution in [2.75, 3.05) is 64.5 Å². The van der Waals surface area contributed by atoms with E-state index in [2.05, 4.69) is 47.5 Å². The van der Waals surface area contributed by atoms with Gasteiger partial charge in [0.25, 0.3) is 0 Å². The SMILES string of the molecule is C=CCS(=O)(=O)NC[C@@H](c1ccc(N(C)C)cc1)[NH+]1CC[NH+](C)CC1. The number of sulfonamides is 1. The largest absolute Gasteiger partial charge is 0.378 e. The van der Waals surface area contributed by atoms with Crippen molar-refractivity contribution in [3.05, 3.63) is 42.5 Å². The van der Waals surface area contributed by atoms with Gasteiger partial charge < -0.3 is 14.7 Å². The fourth-order valence-electron chi connectivity index (χ4n) is 3.27. The Hall–Kier alpha value is -1.41. The van der Waals surface area contributed by atoms with Gasteiger partial charge in [-0.05, 0) is 12.1 Å². The molecule has 0 amide bonds. The van der Waals surface area contributed by atoms with Crippen molar-refractivity contribution in [1.29, 1.82) is 0 Å². The summed E-state index contributed by atoms with van der Waals surface area (Å²) >= 11 is 0. The molecule has 0 radical (unpaired) electrons. The first-order valence-corrected chi connectivity index (χ1v) is 10.5. The Bertz CT molecular complexity index is 650. The molecule has 1 heterocycles. The van der Waals surface area contributed by atoms with Gasteiger partial charge in [0, 0.05) is 25.3 Å². The van der Waals surface area contributed by atoms with E-state index < -0.39 is 10.0 Å². The van der Waals surface area contributed by atoms with E-state index in [1.165, 1.54) is 21.4 Å². The van der Waals surface area contributed by atoms with E-state index in [0.29, 0.717) is 6.54 Å². The number of nitrogens with zero attached hydrogens (tertiary/aromatic N) is 1. The minimum atomic E-state index is -3.30. The summed E-state index contributed by atoms with van der Waals surface area (Å²) in [6.45, 7) is 8.27. The van der Waals surface area contributed by atoms with E-state index in [0.717, 1.165) is 31.9 Å². The minimum Gasteiger partial charge on any atom is -0.378 e. The highest BCUT2D eigenvalue weighted by atomic mass is 32.2. The average Bonchev–Trinajstić information content (AvgIpc) is 2.57. The Kier molecular flexibility index (Phi) is 7.01. The van der Waals surface area contributed by atoms with Crippen molar-refractivity contribution >= 4 is 15.7 Å². The Balaban J connectivity index is 2.17. The maximum absolute atomic E-state index is 12.0. The second kappa shape index (κ2) is 8.80. The molecule has 1 aromatic carbocycles. The van der Waals surface area contributed by atoms with Crippen molar-refractivity contribution in [3.8, 4) is 0 Å². The molecule has 1 atom stereocenters. The van der Waals surface area contributed by atoms with Crippen molar-refractivity contribution < 1.29 is 18.2 Å². The zero-order chi connectivity index (χ0) is 18.4. The van der Waals surface area contributed by atoms with Crippen LogP contribution in [0.4, 0.5) is 5.69 Å². The molecule has 6 nitrogen and oxygen atoms in total. The van der Waals surface area contributed by atoms with Crippen molar-refractivity contribution in [2.24, 2.45) is 0 Å². The van der Waals surface area contributed by atoms with Crippen molar-refractivity contribution in [3.63, 3.8) is 0 Å². The Labute approximate surface area is 152 Å². The summed E-state index contributed by atoms with van der Waals surface area (Å²) in [6, 6.07) is 8.58. The van der Waals surface area contributed by atoms with Crippen LogP contribution in [0.5, 0.6) is 0 Å². The van der Waals surface area contributed by atoms with Crippen LogP contribution in [0, 0.1) is 0 Å². The Morgan fingerprint density at radius 1 is 1.20 bits per heavy atom. The molecule has 1 fully saturated rings. The normalized spacial score (nSPS) is 22.4. The molecule has 140 valence electrons. The number of quaternary nitrogens is 2. The number of likely N-dealkylation sites (N-methyl/N-ethyl adjacent to an activating group) is 1. The van der Waals surface area contributed by atoms with Gasteiger partial charge in [0.05, 0.1) is 19.3 Å². The lowest BCUT2D eigenvalue weighted by Gasteiger charge is -2.33. The summed E-state index contributed by atoms with van der Waals surface area (Å²) < 4.78 is 26.9. The molecule has 0 saturated carbocycles. The summed E-state index contributed by atoms with van der Waals surface area (Å²) in [5.74, 6) is -0.0402. The zero-order valence-electron chi connectivity index (χ0n) is 15.6. The van der Waals surface area contributed by atoms with Gasteiger partial charge in [-0.15, -0.1) is 6.58 Å². The van der Waals surface area contributed by atoms with Crippen LogP contribution in [-0.2, 0) is 10.0 Å². The molecular formula is C18H32N4O2S+2. The van der Waals surface area contributed by atoms with E-state index in [4.69, 9.17) is 0 Å². The summed E-state index contributed by atoms with van der Waals surface area (Å²) in [7, 11) is 2.95. The standard InChI is InChI=1S/C18H30N4O2S/c1-5-14-25(23,24)19-15-18(22-12-10-21(4)11-13-22)16-6-8-17(9-7-16)20(2)3/h5-9,18-19H,1,10-15H2,2-4H3/p+2/t18-/m0/s1. The van der Waals surface area contributed by atoms with Crippen LogP contribution in [0.15, 0.2) is 36.9 Å². The summed E-state index contributed by atoms with van der Waals surface area (Å²) in [4.78, 5) is 5.06. The van der Waals surface area contributed by atoms with Gasteiger partial charge in [-0.3, -0.25) is 0 Å². The number of anilines is 1. The minimum absolute atomic E-state index is 0.0402. The maximum Gasteiger partial charge on any atom is 0.215 e. The van der Waals surface area contributed by atoms with Crippen LogP contribution in [-0.4, -0.2) is 68.0 Å². The first-order chi connectivity index (χ1) is 11.8. The van der Waals surface area contributed by atoms with Gasteiger partial charge in [0.15, 0.2) is 0 Å². The molecule has 1 aliphatic rings. The van der Waals surface area contributed by atoms with Crippen LogP contribution >= 0.6 is 0 Å². The molecule has 1 aliphatic heterocycles. The maximum atomic E-state index is 12.0. The lowest BCUT2D eigenvalue weighted by molar-refractivity contribution is -1.02. The van der Waals surface area contributed by atoms with Gasteiger partial charge >= 0.3 is 0 Å². The highest BCUT2D eigenvalue weighted by molar-refractivity contribution is 7.89. The lowest BCUT2D eigenvalue weighted by atomic mass is 10.0. The lowest BCUT2D eigenvalue weighted by Crippen LogP contribution is -3.27. The van der Waals surface area contributed by atoms with E-state index in [1.54, 1.807) is 0 Å². The molecule has 1 saturated heterocycles. The van der Waals surface area contributed by atoms with Gasteiger partial charge in [-0.2, -0.15) is 0 Å². The van der Waals surface area contributed by atoms with Crippen LogP contribution in [0.2, 0.25) is 0 Å². The molecule has 0 bridgehead atoms. The first kappa shape index (κ1) is 19.9. The summed E-state index contributed by atoms with van der Waals surface area (Å²) in [5, 5.41) is 0. The summed E-state index contributed by atoms with van der Waals surface area (Å²) in [6.07, 6.45) is 1.43. The Morgan fingerprint density at radius 3 is 2.32 bits per heavy atom. The molecule has 0 aliphatic carbocycles. The second-order valence-electron chi connectivity index (χ2n) is 7.07. The second-order valence-corrected chi connectivity index (χ2v) is 8.92. The van der Waals surface area contributed by atoms with Gasteiger partial charge in [0.1, 0.15) is 32.2 Å². The third-order valence-corrected chi connectivity index (χ3v) is 6.18. The first-order valence-electron chi connectivity index (χ1n) is 8.84. The quantitative estimate of drug-likeness (QED) is 0.480. The predicted molar refractivity (Wildman–Crippen MR) is 103 cm³/mol. The van der Waals surface area contributed by atoms with E-state index in [-0.39, 0.29) is 11.8 Å². The fraction of sp³-hybridized carbons (Fsp3) is 0.556. The molecular weight excluding hydrogens is 336 g/mol. The van der Waals surface area contributed by atoms with Gasteiger partial charge in [0.2, 0.25) is 10.0 Å². The number of hydrogen-bond donors (Lipinski definition) is 3. The third kappa shape index (κ3) is 5.81. The molecule has 25 heavy (non-hydrogen) atoms. The molecule has 2 rings (SSSR count). The van der Waals surface area contributed by atoms with Crippen LogP contribution in [0.25, 0.3) is 0 Å². The molecule has 0 spiro atoms. The molecule has 0 aromatic heterocycles. The number of rotatable bonds is 8. The molecule has 7 heteroatoms. The third-order valence-electron chi connectivity index (χ3n) is 4.90. The predicted octanol–water partition coefficient (Wildman–Crippen LogP) is -1.69. The fourth-order valence-corrected chi connectivity index (χ4v) is 4.12. The number of piperazine rings is 1. The molecule has 3 N–H and O–H groups in total. The number of hydrogen-bond acceptors (Lipinski definition) is 3. The van der Waals surface area contributed by atoms with Crippen molar-refractivity contribution in [2.45, 2.75) is 6.04 Å². The monoisotopic (exact) mass is 368 g/mol. The smallest absolute Gasteiger partial charge is 0.215 e. The average molecular weight is 369 g/mol. The van der Waals surface area contributed by atoms with Crippen LogP contribution in [0.1, 0.15) is 11.6 Å².